The number of nitrogens with zero attached hydrogens (tertiary/aromatic N) is 1. The van der Waals surface area contributed by atoms with Crippen LogP contribution in [0.2, 0.25) is 0 Å². The lowest BCUT2D eigenvalue weighted by Gasteiger charge is -2.22. The van der Waals surface area contributed by atoms with E-state index in [9.17, 15) is 13.2 Å². The maximum atomic E-state index is 12.8. The first-order chi connectivity index (χ1) is 8.57. The summed E-state index contributed by atoms with van der Waals surface area (Å²) in [6.45, 7) is 0. The third-order valence-electron chi connectivity index (χ3n) is 3.76. The zero-order chi connectivity index (χ0) is 12.5. The summed E-state index contributed by atoms with van der Waals surface area (Å²) in [5.74, 6) is -0.829. The Balaban J connectivity index is 1.80. The van der Waals surface area contributed by atoms with Crippen LogP contribution in [0, 0.1) is 5.92 Å². The van der Waals surface area contributed by atoms with Crippen LogP contribution in [-0.4, -0.2) is 18.0 Å². The lowest BCUT2D eigenvalue weighted by Crippen LogP contribution is -2.36. The minimum atomic E-state index is -4.46. The average molecular weight is 255 g/mol. The maximum Gasteiger partial charge on any atom is 0.433 e. The quantitative estimate of drug-likeness (QED) is 0.713. The highest BCUT2D eigenvalue weighted by molar-refractivity contribution is 5.94. The third kappa shape index (κ3) is 1.11. The summed E-state index contributed by atoms with van der Waals surface area (Å²) in [5, 5.41) is 3.23. The molecule has 0 unspecified atom stereocenters. The summed E-state index contributed by atoms with van der Waals surface area (Å²) in [7, 11) is 0. The van der Waals surface area contributed by atoms with E-state index in [0.717, 1.165) is 11.1 Å². The molecule has 1 aromatic carbocycles. The van der Waals surface area contributed by atoms with Crippen molar-refractivity contribution in [1.82, 2.24) is 0 Å². The molecule has 0 saturated carbocycles. The van der Waals surface area contributed by atoms with Crippen LogP contribution in [0.3, 0.4) is 0 Å². The smallest absolute Gasteiger partial charge is 0.388 e. The molecule has 0 amide bonds. The SMILES string of the molecule is FC(F)(F)C1=NO[C@H]2[C@H]1[C@H]1O[C@H]2c2ccccc21. The summed E-state index contributed by atoms with van der Waals surface area (Å²) in [6.07, 6.45) is -6.11. The van der Waals surface area contributed by atoms with Crippen LogP contribution in [0.15, 0.2) is 29.4 Å². The van der Waals surface area contributed by atoms with Crippen molar-refractivity contribution in [2.24, 2.45) is 11.1 Å². The molecule has 1 fully saturated rings. The fourth-order valence-corrected chi connectivity index (χ4v) is 3.07. The molecular formula is C12H8F3NO2. The first kappa shape index (κ1) is 10.4. The summed E-state index contributed by atoms with van der Waals surface area (Å²) >= 11 is 0. The van der Waals surface area contributed by atoms with Gasteiger partial charge in [0.1, 0.15) is 6.10 Å². The van der Waals surface area contributed by atoms with E-state index in [0.29, 0.717) is 0 Å². The first-order valence-electron chi connectivity index (χ1n) is 5.62. The predicted octanol–water partition coefficient (Wildman–Crippen LogP) is 2.75. The summed E-state index contributed by atoms with van der Waals surface area (Å²) in [5.41, 5.74) is 0.892. The van der Waals surface area contributed by atoms with Crippen LogP contribution in [-0.2, 0) is 9.57 Å². The van der Waals surface area contributed by atoms with Crippen molar-refractivity contribution in [1.29, 1.82) is 0 Å². The molecule has 0 aliphatic carbocycles. The fraction of sp³-hybridized carbons (Fsp3) is 0.417. The number of oxime groups is 1. The van der Waals surface area contributed by atoms with Gasteiger partial charge in [-0.25, -0.2) is 0 Å². The summed E-state index contributed by atoms with van der Waals surface area (Å²) < 4.78 is 44.1. The molecule has 3 aliphatic heterocycles. The van der Waals surface area contributed by atoms with Crippen molar-refractivity contribution in [2.75, 3.05) is 0 Å². The fourth-order valence-electron chi connectivity index (χ4n) is 3.07. The normalized spacial score (nSPS) is 36.1. The van der Waals surface area contributed by atoms with Crippen LogP contribution in [0.5, 0.6) is 0 Å². The van der Waals surface area contributed by atoms with Crippen LogP contribution in [0.1, 0.15) is 23.3 Å². The van der Waals surface area contributed by atoms with E-state index in [2.05, 4.69) is 5.16 Å². The molecule has 3 nitrogen and oxygen atoms in total. The molecule has 2 bridgehead atoms. The Morgan fingerprint density at radius 3 is 2.39 bits per heavy atom. The second-order valence-corrected chi connectivity index (χ2v) is 4.68. The summed E-state index contributed by atoms with van der Waals surface area (Å²) in [6, 6.07) is 7.32. The number of ether oxygens (including phenoxy) is 1. The van der Waals surface area contributed by atoms with E-state index < -0.39 is 36.1 Å². The Labute approximate surface area is 100 Å². The van der Waals surface area contributed by atoms with Gasteiger partial charge in [-0.3, -0.25) is 0 Å². The van der Waals surface area contributed by atoms with Crippen molar-refractivity contribution in [3.8, 4) is 0 Å². The number of fused-ring (bicyclic) bond motifs is 8. The van der Waals surface area contributed by atoms with Crippen LogP contribution in [0.25, 0.3) is 0 Å². The molecule has 0 radical (unpaired) electrons. The topological polar surface area (TPSA) is 30.8 Å². The average Bonchev–Trinajstić information content (AvgIpc) is 2.97. The lowest BCUT2D eigenvalue weighted by molar-refractivity contribution is -0.0651. The van der Waals surface area contributed by atoms with Crippen molar-refractivity contribution in [3.05, 3.63) is 35.4 Å². The highest BCUT2D eigenvalue weighted by atomic mass is 19.4. The first-order valence-corrected chi connectivity index (χ1v) is 5.62. The molecule has 1 aromatic rings. The molecule has 0 spiro atoms. The molecule has 4 rings (SSSR count). The third-order valence-corrected chi connectivity index (χ3v) is 3.76. The zero-order valence-electron chi connectivity index (χ0n) is 9.02. The van der Waals surface area contributed by atoms with Gasteiger partial charge >= 0.3 is 6.18 Å². The minimum absolute atomic E-state index is 0.431. The predicted molar refractivity (Wildman–Crippen MR) is 54.9 cm³/mol. The van der Waals surface area contributed by atoms with Gasteiger partial charge in [0.05, 0.1) is 12.0 Å². The van der Waals surface area contributed by atoms with E-state index in [1.807, 2.05) is 18.2 Å². The van der Waals surface area contributed by atoms with Gasteiger partial charge < -0.3 is 9.57 Å². The van der Waals surface area contributed by atoms with Gasteiger partial charge in [-0.2, -0.15) is 13.2 Å². The molecule has 18 heavy (non-hydrogen) atoms. The standard InChI is InChI=1S/C12H8F3NO2/c13-12(14,15)11-7-8-5-3-1-2-4-6(5)9(17-8)10(7)18-16-11/h1-4,7-10H/t7-,8+,9+,10+/m1/s1. The number of hydrogen-bond acceptors (Lipinski definition) is 3. The highest BCUT2D eigenvalue weighted by Gasteiger charge is 2.63. The van der Waals surface area contributed by atoms with Crippen LogP contribution in [0.4, 0.5) is 13.2 Å². The Kier molecular flexibility index (Phi) is 1.76. The molecule has 0 N–H and O–H groups in total. The largest absolute Gasteiger partial charge is 0.433 e. The number of benzene rings is 1. The Bertz CT molecular complexity index is 554. The van der Waals surface area contributed by atoms with E-state index >= 15 is 0 Å². The highest BCUT2D eigenvalue weighted by Crippen LogP contribution is 2.58. The number of hydrogen-bond donors (Lipinski definition) is 0. The Morgan fingerprint density at radius 2 is 1.72 bits per heavy atom. The monoisotopic (exact) mass is 255 g/mol. The van der Waals surface area contributed by atoms with Crippen molar-refractivity contribution in [3.63, 3.8) is 0 Å². The van der Waals surface area contributed by atoms with Gasteiger partial charge in [-0.15, -0.1) is 0 Å². The van der Waals surface area contributed by atoms with Gasteiger partial charge in [-0.05, 0) is 11.1 Å². The van der Waals surface area contributed by atoms with Gasteiger partial charge in [0.25, 0.3) is 0 Å². The van der Waals surface area contributed by atoms with E-state index in [1.54, 1.807) is 6.07 Å². The Morgan fingerprint density at radius 1 is 1.06 bits per heavy atom. The van der Waals surface area contributed by atoms with E-state index in [4.69, 9.17) is 9.57 Å². The second kappa shape index (κ2) is 3.06. The van der Waals surface area contributed by atoms with Crippen LogP contribution >= 0.6 is 0 Å². The molecule has 3 heterocycles. The van der Waals surface area contributed by atoms with Crippen molar-refractivity contribution in [2.45, 2.75) is 24.5 Å². The van der Waals surface area contributed by atoms with Gasteiger partial charge in [0.15, 0.2) is 11.8 Å². The maximum absolute atomic E-state index is 12.8. The molecule has 4 atom stereocenters. The number of halogens is 3. The molecule has 6 heteroatoms. The molecule has 0 aromatic heterocycles. The lowest BCUT2D eigenvalue weighted by atomic mass is 9.79. The Hall–Kier alpha value is -1.56. The van der Waals surface area contributed by atoms with Crippen molar-refractivity contribution >= 4 is 5.71 Å². The van der Waals surface area contributed by atoms with Gasteiger partial charge in [0, 0.05) is 0 Å². The molecule has 94 valence electrons. The van der Waals surface area contributed by atoms with E-state index in [-0.39, 0.29) is 0 Å². The van der Waals surface area contributed by atoms with Crippen molar-refractivity contribution < 1.29 is 22.7 Å². The summed E-state index contributed by atoms with van der Waals surface area (Å²) in [4.78, 5) is 4.95. The minimum Gasteiger partial charge on any atom is -0.388 e. The molecular weight excluding hydrogens is 247 g/mol. The number of alkyl halides is 3. The van der Waals surface area contributed by atoms with Crippen LogP contribution < -0.4 is 0 Å². The van der Waals surface area contributed by atoms with E-state index in [1.165, 1.54) is 0 Å². The number of rotatable bonds is 0. The zero-order valence-corrected chi connectivity index (χ0v) is 9.02. The second-order valence-electron chi connectivity index (χ2n) is 4.68. The molecule has 1 saturated heterocycles. The molecule has 3 aliphatic rings. The van der Waals surface area contributed by atoms with Gasteiger partial charge in [0.2, 0.25) is 0 Å². The van der Waals surface area contributed by atoms with Gasteiger partial charge in [-0.1, -0.05) is 29.4 Å².